The van der Waals surface area contributed by atoms with Gasteiger partial charge in [-0.25, -0.2) is 19.1 Å². The molecule has 1 aromatic heterocycles. The van der Waals surface area contributed by atoms with Gasteiger partial charge in [-0.3, -0.25) is 4.79 Å². The predicted molar refractivity (Wildman–Crippen MR) is 77.8 cm³/mol. The summed E-state index contributed by atoms with van der Waals surface area (Å²) >= 11 is 0. The Balaban J connectivity index is 2.04. The number of likely N-dealkylation sites (N-methyl/N-ethyl adjacent to an activating group) is 1. The molecule has 0 saturated heterocycles. The number of nitrogens with zero attached hydrogens (tertiary/aromatic N) is 5. The van der Waals surface area contributed by atoms with Gasteiger partial charge in [0.25, 0.3) is 5.91 Å². The average molecular weight is 299 g/mol. The van der Waals surface area contributed by atoms with Crippen molar-refractivity contribution in [1.82, 2.24) is 18.8 Å². The average Bonchev–Trinajstić information content (AvgIpc) is 2.77. The first-order valence-electron chi connectivity index (χ1n) is 6.82. The van der Waals surface area contributed by atoms with Gasteiger partial charge in [-0.2, -0.15) is 9.36 Å². The third-order valence-electron chi connectivity index (χ3n) is 4.17. The van der Waals surface area contributed by atoms with Crippen LogP contribution in [-0.4, -0.2) is 37.5 Å². The van der Waals surface area contributed by atoms with Gasteiger partial charge in [-0.1, -0.05) is 30.3 Å². The zero-order valence-electron chi connectivity index (χ0n) is 12.0. The van der Waals surface area contributed by atoms with Crippen LogP contribution in [0.1, 0.15) is 17.9 Å². The summed E-state index contributed by atoms with van der Waals surface area (Å²) in [6.45, 7) is 0. The largest absolute Gasteiger partial charge is 0.349 e. The van der Waals surface area contributed by atoms with E-state index < -0.39 is 23.7 Å². The summed E-state index contributed by atoms with van der Waals surface area (Å²) in [7, 11) is 3.01. The fourth-order valence-electron chi connectivity index (χ4n) is 3.03. The van der Waals surface area contributed by atoms with Crippen molar-refractivity contribution >= 4 is 11.6 Å². The summed E-state index contributed by atoms with van der Waals surface area (Å²) < 4.78 is 3.45. The monoisotopic (exact) mass is 299 g/mol. The molecule has 3 aliphatic heterocycles. The van der Waals surface area contributed by atoms with Crippen LogP contribution in [-0.2, 0) is 11.8 Å². The van der Waals surface area contributed by atoms with Crippen molar-refractivity contribution in [2.75, 3.05) is 7.05 Å². The molecule has 112 valence electrons. The summed E-state index contributed by atoms with van der Waals surface area (Å²) in [6.07, 6.45) is -1.73. The Morgan fingerprint density at radius 1 is 0.955 bits per heavy atom. The second-order valence-electron chi connectivity index (χ2n) is 5.39. The zero-order chi connectivity index (χ0) is 15.6. The second kappa shape index (κ2) is 4.06. The molecule has 1 aromatic carbocycles. The maximum absolute atomic E-state index is 12.4. The quantitative estimate of drug-likeness (QED) is 0.699. The first kappa shape index (κ1) is 12.8. The SMILES string of the molecule is CN1C(=O)[C@@H]2N=C(c3ccccc3)[C@H]1n1c(=O)n(C)c(=O)n12. The molecule has 0 N–H and O–H groups in total. The Labute approximate surface area is 124 Å². The van der Waals surface area contributed by atoms with Crippen molar-refractivity contribution in [3.63, 3.8) is 0 Å². The van der Waals surface area contributed by atoms with Crippen LogP contribution in [0, 0.1) is 0 Å². The molecule has 8 nitrogen and oxygen atoms in total. The van der Waals surface area contributed by atoms with Gasteiger partial charge in [0.2, 0.25) is 6.17 Å². The predicted octanol–water partition coefficient (Wildman–Crippen LogP) is -0.679. The van der Waals surface area contributed by atoms with Crippen LogP contribution in [0.2, 0.25) is 0 Å². The summed E-state index contributed by atoms with van der Waals surface area (Å²) in [4.78, 5) is 42.8. The number of fused-ring (bicyclic) bond motifs is 1. The van der Waals surface area contributed by atoms with Gasteiger partial charge in [0.1, 0.15) is 0 Å². The summed E-state index contributed by atoms with van der Waals surface area (Å²) in [5.41, 5.74) is 0.451. The van der Waals surface area contributed by atoms with E-state index in [0.29, 0.717) is 5.71 Å². The minimum Gasteiger partial charge on any atom is -0.315 e. The molecule has 2 atom stereocenters. The lowest BCUT2D eigenvalue weighted by molar-refractivity contribution is -0.142. The Morgan fingerprint density at radius 3 is 2.27 bits per heavy atom. The first-order chi connectivity index (χ1) is 10.5. The summed E-state index contributed by atoms with van der Waals surface area (Å²) in [5, 5.41) is 0. The lowest BCUT2D eigenvalue weighted by Crippen LogP contribution is -2.58. The van der Waals surface area contributed by atoms with E-state index in [-0.39, 0.29) is 5.91 Å². The molecule has 22 heavy (non-hydrogen) atoms. The van der Waals surface area contributed by atoms with Crippen molar-refractivity contribution in [1.29, 1.82) is 0 Å². The van der Waals surface area contributed by atoms with Crippen molar-refractivity contribution in [2.24, 2.45) is 12.0 Å². The number of hydrogen-bond acceptors (Lipinski definition) is 4. The van der Waals surface area contributed by atoms with E-state index in [2.05, 4.69) is 4.99 Å². The number of aliphatic imine (C=N–C) groups is 1. The Hall–Kier alpha value is -2.90. The van der Waals surface area contributed by atoms with Crippen LogP contribution in [0.5, 0.6) is 0 Å². The fraction of sp³-hybridized carbons (Fsp3) is 0.286. The molecule has 8 heteroatoms. The van der Waals surface area contributed by atoms with Gasteiger partial charge in [-0.15, -0.1) is 0 Å². The molecule has 0 saturated carbocycles. The summed E-state index contributed by atoms with van der Waals surface area (Å²) in [5.74, 6) is -0.294. The number of carbonyl (C=O) groups is 1. The van der Waals surface area contributed by atoms with Crippen molar-refractivity contribution in [3.8, 4) is 0 Å². The second-order valence-corrected chi connectivity index (χ2v) is 5.39. The molecule has 0 fully saturated rings. The third kappa shape index (κ3) is 1.36. The van der Waals surface area contributed by atoms with Crippen molar-refractivity contribution in [2.45, 2.75) is 12.3 Å². The van der Waals surface area contributed by atoms with Crippen molar-refractivity contribution < 1.29 is 4.79 Å². The van der Waals surface area contributed by atoms with Gasteiger partial charge < -0.3 is 4.90 Å². The molecule has 2 bridgehead atoms. The van der Waals surface area contributed by atoms with E-state index >= 15 is 0 Å². The van der Waals surface area contributed by atoms with Crippen LogP contribution < -0.4 is 11.4 Å². The zero-order valence-corrected chi connectivity index (χ0v) is 12.0. The van der Waals surface area contributed by atoms with Crippen LogP contribution in [0.3, 0.4) is 0 Å². The van der Waals surface area contributed by atoms with E-state index in [4.69, 9.17) is 0 Å². The minimum absolute atomic E-state index is 0.294. The molecule has 2 aromatic rings. The van der Waals surface area contributed by atoms with Gasteiger partial charge in [0.15, 0.2) is 6.17 Å². The molecule has 3 aliphatic rings. The number of rotatable bonds is 1. The highest BCUT2D eigenvalue weighted by molar-refractivity contribution is 6.08. The van der Waals surface area contributed by atoms with E-state index in [0.717, 1.165) is 14.8 Å². The fourth-order valence-corrected chi connectivity index (χ4v) is 3.03. The van der Waals surface area contributed by atoms with Crippen LogP contribution in [0.4, 0.5) is 0 Å². The molecular formula is C14H13N5O3. The molecule has 0 spiro atoms. The number of hydrogen-bond donors (Lipinski definition) is 0. The van der Waals surface area contributed by atoms with Crippen LogP contribution >= 0.6 is 0 Å². The lowest BCUT2D eigenvalue weighted by Gasteiger charge is -2.42. The number of amides is 1. The topological polar surface area (TPSA) is 81.6 Å². The number of benzene rings is 1. The van der Waals surface area contributed by atoms with Gasteiger partial charge in [0.05, 0.1) is 5.71 Å². The number of aromatic nitrogens is 3. The standard InChI is InChI=1S/C14H13N5O3/c1-16-11-9(8-6-4-3-5-7-8)15-10(12(16)20)18-13(21)17(2)14(22)19(11)18/h3-7,10-11H,1-2H3/t10-,11-/m1/s1. The number of carbonyl (C=O) groups excluding carboxylic acids is 1. The maximum Gasteiger partial charge on any atom is 0.349 e. The highest BCUT2D eigenvalue weighted by Crippen LogP contribution is 2.32. The highest BCUT2D eigenvalue weighted by atomic mass is 16.2. The van der Waals surface area contributed by atoms with Crippen molar-refractivity contribution in [3.05, 3.63) is 56.9 Å². The van der Waals surface area contributed by atoms with E-state index in [9.17, 15) is 14.4 Å². The third-order valence-corrected chi connectivity index (χ3v) is 4.17. The van der Waals surface area contributed by atoms with Crippen LogP contribution in [0.25, 0.3) is 0 Å². The smallest absolute Gasteiger partial charge is 0.315 e. The van der Waals surface area contributed by atoms with Gasteiger partial charge in [0, 0.05) is 14.1 Å². The van der Waals surface area contributed by atoms with Gasteiger partial charge in [-0.05, 0) is 5.56 Å². The summed E-state index contributed by atoms with van der Waals surface area (Å²) in [6, 6.07) is 9.35. The Morgan fingerprint density at radius 2 is 1.59 bits per heavy atom. The molecule has 1 amide bonds. The maximum atomic E-state index is 12.4. The van der Waals surface area contributed by atoms with Gasteiger partial charge >= 0.3 is 11.4 Å². The highest BCUT2D eigenvalue weighted by Gasteiger charge is 2.47. The Bertz CT molecular complexity index is 934. The van der Waals surface area contributed by atoms with Crippen LogP contribution in [0.15, 0.2) is 44.9 Å². The minimum atomic E-state index is -1.02. The van der Waals surface area contributed by atoms with E-state index in [1.807, 2.05) is 30.3 Å². The molecule has 0 unspecified atom stereocenters. The van der Waals surface area contributed by atoms with E-state index in [1.54, 1.807) is 7.05 Å². The first-order valence-corrected chi connectivity index (χ1v) is 6.82. The molecule has 4 heterocycles. The molecular weight excluding hydrogens is 286 g/mol. The molecule has 5 rings (SSSR count). The Kier molecular flexibility index (Phi) is 2.37. The lowest BCUT2D eigenvalue weighted by atomic mass is 10.0. The normalized spacial score (nSPS) is 22.7. The molecule has 0 radical (unpaired) electrons. The molecule has 0 aliphatic carbocycles. The van der Waals surface area contributed by atoms with E-state index in [1.165, 1.54) is 16.6 Å².